The van der Waals surface area contributed by atoms with Crippen LogP contribution in [0, 0.1) is 56.7 Å². The van der Waals surface area contributed by atoms with Gasteiger partial charge in [0, 0.05) is 19.5 Å². The third kappa shape index (κ3) is 5.61. The third-order valence-electron chi connectivity index (χ3n) is 16.6. The van der Waals surface area contributed by atoms with Gasteiger partial charge in [0.15, 0.2) is 0 Å². The average Bonchev–Trinajstić information content (AvgIpc) is 3.67. The Kier molecular flexibility index (Phi) is 9.10. The summed E-state index contributed by atoms with van der Waals surface area (Å²) >= 11 is 0. The van der Waals surface area contributed by atoms with Gasteiger partial charge in [0.1, 0.15) is 6.61 Å². The normalized spacial score (nSPS) is 39.6. The zero-order valence-corrected chi connectivity index (χ0v) is 32.1. The lowest BCUT2D eigenvalue weighted by Crippen LogP contribution is -2.66. The minimum absolute atomic E-state index is 0.0146. The minimum Gasteiger partial charge on any atom is -0.478 e. The number of allylic oxidation sites excluding steroid dienone is 3. The molecule has 0 unspecified atom stereocenters. The lowest BCUT2D eigenvalue weighted by molar-refractivity contribution is -0.225. The van der Waals surface area contributed by atoms with Crippen LogP contribution in [0.15, 0.2) is 42.5 Å². The maximum absolute atomic E-state index is 13.0. The van der Waals surface area contributed by atoms with Crippen molar-refractivity contribution >= 4 is 23.5 Å². The Morgan fingerprint density at radius 3 is 2.37 bits per heavy atom. The molecule has 7 rings (SSSR count). The molecule has 1 aromatic rings. The Balaban J connectivity index is 1.11. The average molecular weight is 699 g/mol. The summed E-state index contributed by atoms with van der Waals surface area (Å²) in [5.74, 6) is 2.03. The van der Waals surface area contributed by atoms with E-state index in [4.69, 9.17) is 4.74 Å². The van der Waals surface area contributed by atoms with E-state index in [0.717, 1.165) is 44.2 Å². The summed E-state index contributed by atoms with van der Waals surface area (Å²) in [4.78, 5) is 38.4. The number of likely N-dealkylation sites (tertiary alicyclic amines) is 1. The number of amides is 2. The lowest BCUT2D eigenvalue weighted by Gasteiger charge is -2.72. The van der Waals surface area contributed by atoms with Gasteiger partial charge >= 0.3 is 12.1 Å². The maximum atomic E-state index is 13.0. The van der Waals surface area contributed by atoms with E-state index in [9.17, 15) is 19.5 Å². The van der Waals surface area contributed by atoms with Crippen LogP contribution in [0.4, 0.5) is 4.79 Å². The van der Waals surface area contributed by atoms with Crippen molar-refractivity contribution in [1.82, 2.24) is 10.2 Å². The number of alkyl carbamates (subject to hydrolysis) is 1. The Bertz CT molecular complexity index is 1610. The van der Waals surface area contributed by atoms with Crippen molar-refractivity contribution in [3.63, 3.8) is 0 Å². The molecule has 1 aliphatic heterocycles. The molecule has 1 heterocycles. The summed E-state index contributed by atoms with van der Waals surface area (Å²) < 4.78 is 5.61. The molecule has 1 saturated heterocycles. The number of aromatic carboxylic acids is 1. The van der Waals surface area contributed by atoms with E-state index in [2.05, 4.69) is 59.5 Å². The monoisotopic (exact) mass is 698 g/mol. The summed E-state index contributed by atoms with van der Waals surface area (Å²) in [5, 5.41) is 12.7. The van der Waals surface area contributed by atoms with Gasteiger partial charge in [-0.1, -0.05) is 65.0 Å². The van der Waals surface area contributed by atoms with Crippen molar-refractivity contribution in [2.75, 3.05) is 26.2 Å². The number of carbonyl (C=O) groups excluding carboxylic acids is 2. The SMILES string of the molecule is C=C(C)[C@@H]1CC[C@]2(CNC(=O)OCCN3CCCC3=O)CC[C@]3(C)[C@H](CC[C@@H]4[C@@]5(C)CC=C(c6ccc(C(=O)O)cc6)C(C)(C)[C@@H]5CC[C@]43C)[C@@H]12. The largest absolute Gasteiger partial charge is 0.478 e. The van der Waals surface area contributed by atoms with Gasteiger partial charge in [-0.2, -0.15) is 0 Å². The molecule has 2 amide bonds. The number of fused-ring (bicyclic) bond motifs is 7. The Labute approximate surface area is 306 Å². The van der Waals surface area contributed by atoms with E-state index < -0.39 is 5.97 Å². The summed E-state index contributed by atoms with van der Waals surface area (Å²) in [7, 11) is 0. The standard InChI is InChI=1S/C44H62N2O5/c1-28(2)31-16-21-44(27-45-39(50)51-26-25-46-24-8-9-36(46)47)23-22-42(6)33(37(31)44)14-15-35-41(5)19-17-32(29-10-12-30(13-11-29)38(48)49)40(3,4)34(41)18-20-43(35,42)7/h10-13,17,31,33-35,37H,1,8-9,14-16,18-27H2,2-7H3,(H,45,50)(H,48,49)/t31-,33+,34-,35+,37+,41-,42+,43+,44+/m0/s1. The molecule has 0 spiro atoms. The molecule has 7 nitrogen and oxygen atoms in total. The molecular weight excluding hydrogens is 636 g/mol. The fourth-order valence-electron chi connectivity index (χ4n) is 14.0. The molecule has 51 heavy (non-hydrogen) atoms. The van der Waals surface area contributed by atoms with Crippen LogP contribution in [0.3, 0.4) is 0 Å². The number of carbonyl (C=O) groups is 3. The van der Waals surface area contributed by atoms with Crippen molar-refractivity contribution in [1.29, 1.82) is 0 Å². The molecule has 5 aliphatic carbocycles. The molecule has 1 aromatic carbocycles. The number of rotatable bonds is 8. The fourth-order valence-corrected chi connectivity index (χ4v) is 14.0. The number of hydrogen-bond acceptors (Lipinski definition) is 4. The zero-order chi connectivity index (χ0) is 36.6. The topological polar surface area (TPSA) is 95.9 Å². The van der Waals surface area contributed by atoms with Crippen LogP contribution in [-0.4, -0.2) is 54.2 Å². The predicted molar refractivity (Wildman–Crippen MR) is 201 cm³/mol. The van der Waals surface area contributed by atoms with Crippen LogP contribution >= 0.6 is 0 Å². The summed E-state index contributed by atoms with van der Waals surface area (Å²) in [6, 6.07) is 7.53. The lowest BCUT2D eigenvalue weighted by atomic mass is 9.32. The highest BCUT2D eigenvalue weighted by Gasteiger charge is 2.70. The van der Waals surface area contributed by atoms with E-state index in [0.29, 0.717) is 54.7 Å². The number of nitrogens with one attached hydrogen (secondary N) is 1. The zero-order valence-electron chi connectivity index (χ0n) is 32.1. The highest BCUT2D eigenvalue weighted by atomic mass is 16.5. The number of nitrogens with zero attached hydrogens (tertiary/aromatic N) is 1. The van der Waals surface area contributed by atoms with Crippen LogP contribution in [-0.2, 0) is 9.53 Å². The Morgan fingerprint density at radius 2 is 1.71 bits per heavy atom. The van der Waals surface area contributed by atoms with Gasteiger partial charge in [-0.05, 0) is 151 Å². The van der Waals surface area contributed by atoms with Crippen LogP contribution in [0.25, 0.3) is 5.57 Å². The molecule has 2 N–H and O–H groups in total. The van der Waals surface area contributed by atoms with Gasteiger partial charge in [0.05, 0.1) is 12.1 Å². The quantitative estimate of drug-likeness (QED) is 0.264. The summed E-state index contributed by atoms with van der Waals surface area (Å²) in [5.41, 5.74) is 4.84. The van der Waals surface area contributed by atoms with Gasteiger partial charge in [-0.3, -0.25) is 4.79 Å². The first kappa shape index (κ1) is 36.3. The number of carboxylic acids is 1. The molecule has 278 valence electrons. The summed E-state index contributed by atoms with van der Waals surface area (Å²) in [6.45, 7) is 21.7. The number of hydrogen-bond donors (Lipinski definition) is 2. The van der Waals surface area contributed by atoms with E-state index in [1.807, 2.05) is 12.1 Å². The molecule has 0 aromatic heterocycles. The number of carboxylic acid groups (broad SMARTS) is 1. The van der Waals surface area contributed by atoms with Gasteiger partial charge in [-0.25, -0.2) is 9.59 Å². The van der Waals surface area contributed by atoms with Crippen molar-refractivity contribution < 1.29 is 24.2 Å². The van der Waals surface area contributed by atoms with E-state index in [1.54, 1.807) is 17.0 Å². The van der Waals surface area contributed by atoms with Crippen LogP contribution < -0.4 is 5.32 Å². The smallest absolute Gasteiger partial charge is 0.407 e. The first-order chi connectivity index (χ1) is 24.1. The highest BCUT2D eigenvalue weighted by molar-refractivity contribution is 5.88. The molecule has 0 bridgehead atoms. The van der Waals surface area contributed by atoms with Crippen LogP contribution in [0.5, 0.6) is 0 Å². The van der Waals surface area contributed by atoms with Gasteiger partial charge in [0.2, 0.25) is 5.91 Å². The molecule has 6 aliphatic rings. The van der Waals surface area contributed by atoms with Crippen molar-refractivity contribution in [2.24, 2.45) is 56.7 Å². The number of ether oxygens (including phenoxy) is 1. The molecule has 5 fully saturated rings. The molecule has 4 saturated carbocycles. The minimum atomic E-state index is -0.879. The molecule has 7 heteroatoms. The molecular formula is C44H62N2O5. The van der Waals surface area contributed by atoms with Crippen molar-refractivity contribution in [3.8, 4) is 0 Å². The Hall–Kier alpha value is -3.09. The Morgan fingerprint density at radius 1 is 0.961 bits per heavy atom. The van der Waals surface area contributed by atoms with Gasteiger partial charge < -0.3 is 20.1 Å². The second kappa shape index (κ2) is 12.8. The van der Waals surface area contributed by atoms with Crippen LogP contribution in [0.2, 0.25) is 0 Å². The first-order valence-corrected chi connectivity index (χ1v) is 20.0. The van der Waals surface area contributed by atoms with Gasteiger partial charge in [0.25, 0.3) is 0 Å². The fraction of sp³-hybridized carbons (Fsp3) is 0.705. The first-order valence-electron chi connectivity index (χ1n) is 20.0. The second-order valence-corrected chi connectivity index (χ2v) is 18.9. The van der Waals surface area contributed by atoms with Gasteiger partial charge in [-0.15, -0.1) is 0 Å². The second-order valence-electron chi connectivity index (χ2n) is 18.9. The predicted octanol–water partition coefficient (Wildman–Crippen LogP) is 9.38. The van der Waals surface area contributed by atoms with E-state index in [1.165, 1.54) is 43.3 Å². The van der Waals surface area contributed by atoms with Crippen LogP contribution in [0.1, 0.15) is 128 Å². The summed E-state index contributed by atoms with van der Waals surface area (Å²) in [6.07, 6.45) is 14.2. The highest BCUT2D eigenvalue weighted by Crippen LogP contribution is 2.77. The third-order valence-corrected chi connectivity index (χ3v) is 16.6. The molecule has 9 atom stereocenters. The van der Waals surface area contributed by atoms with E-state index >= 15 is 0 Å². The molecule has 0 radical (unpaired) electrons. The number of benzene rings is 1. The maximum Gasteiger partial charge on any atom is 0.407 e. The van der Waals surface area contributed by atoms with E-state index in [-0.39, 0.29) is 45.7 Å². The van der Waals surface area contributed by atoms with Crippen molar-refractivity contribution in [3.05, 3.63) is 53.6 Å². The van der Waals surface area contributed by atoms with Crippen molar-refractivity contribution in [2.45, 2.75) is 112 Å².